The van der Waals surface area contributed by atoms with Crippen molar-refractivity contribution in [3.63, 3.8) is 0 Å². The van der Waals surface area contributed by atoms with E-state index in [0.717, 1.165) is 47.7 Å². The van der Waals surface area contributed by atoms with E-state index in [0.29, 0.717) is 6.04 Å². The molecule has 1 unspecified atom stereocenters. The highest BCUT2D eigenvalue weighted by Gasteiger charge is 2.24. The first kappa shape index (κ1) is 16.5. The van der Waals surface area contributed by atoms with Crippen LogP contribution in [0.1, 0.15) is 29.9 Å². The zero-order valence-electron chi connectivity index (χ0n) is 15.2. The fraction of sp³-hybridized carbons (Fsp3) is 0.227. The molecule has 4 aromatic rings. The van der Waals surface area contributed by atoms with Crippen LogP contribution in [0.25, 0.3) is 21.5 Å². The largest absolute Gasteiger partial charge is 0.290 e. The normalized spacial score (nSPS) is 15.6. The Morgan fingerprint density at radius 2 is 1.93 bits per heavy atom. The average molecular weight is 372 g/mol. The van der Waals surface area contributed by atoms with Crippen LogP contribution in [0.3, 0.4) is 0 Å². The van der Waals surface area contributed by atoms with Gasteiger partial charge in [0.1, 0.15) is 0 Å². The molecule has 2 aromatic heterocycles. The third-order valence-corrected chi connectivity index (χ3v) is 6.18. The van der Waals surface area contributed by atoms with Gasteiger partial charge in [0.05, 0.1) is 39.0 Å². The van der Waals surface area contributed by atoms with E-state index in [1.807, 2.05) is 29.9 Å². The van der Waals surface area contributed by atoms with Gasteiger partial charge < -0.3 is 0 Å². The van der Waals surface area contributed by atoms with E-state index in [1.165, 1.54) is 10.3 Å². The number of hydrogen-bond donors (Lipinski definition) is 0. The Kier molecular flexibility index (Phi) is 4.19. The van der Waals surface area contributed by atoms with E-state index in [4.69, 9.17) is 9.97 Å². The van der Waals surface area contributed by atoms with Gasteiger partial charge in [-0.05, 0) is 24.6 Å². The molecular formula is C22H20N4S. The summed E-state index contributed by atoms with van der Waals surface area (Å²) in [4.78, 5) is 16.6. The van der Waals surface area contributed by atoms with Crippen molar-refractivity contribution in [3.8, 4) is 11.3 Å². The standard InChI is InChI=1S/C22H20N4S/c1-15(17-7-8-22-19(11-17)24-14-27-22)26-10-9-18-21(13-26)23-12-20(25-18)16-5-3-2-4-6-16/h2-8,11-12,14-15H,9-10,13H2,1H3. The lowest BCUT2D eigenvalue weighted by molar-refractivity contribution is 0.187. The molecule has 27 heavy (non-hydrogen) atoms. The second-order valence-corrected chi connectivity index (χ2v) is 7.88. The van der Waals surface area contributed by atoms with Crippen molar-refractivity contribution in [2.45, 2.75) is 25.9 Å². The van der Waals surface area contributed by atoms with Crippen LogP contribution in [0.5, 0.6) is 0 Å². The minimum absolute atomic E-state index is 0.333. The molecule has 0 fully saturated rings. The molecule has 0 N–H and O–H groups in total. The molecule has 4 nitrogen and oxygen atoms in total. The van der Waals surface area contributed by atoms with Crippen LogP contribution >= 0.6 is 11.3 Å². The maximum absolute atomic E-state index is 4.89. The quantitative estimate of drug-likeness (QED) is 0.514. The van der Waals surface area contributed by atoms with Gasteiger partial charge in [-0.2, -0.15) is 0 Å². The lowest BCUT2D eigenvalue weighted by atomic mass is 10.0. The highest BCUT2D eigenvalue weighted by Crippen LogP contribution is 2.29. The Morgan fingerprint density at radius 3 is 2.81 bits per heavy atom. The summed E-state index contributed by atoms with van der Waals surface area (Å²) in [6.07, 6.45) is 2.84. The molecule has 1 aliphatic rings. The number of hydrogen-bond acceptors (Lipinski definition) is 5. The number of rotatable bonds is 3. The zero-order valence-corrected chi connectivity index (χ0v) is 16.0. The van der Waals surface area contributed by atoms with Gasteiger partial charge in [0.25, 0.3) is 0 Å². The number of benzene rings is 2. The molecule has 3 heterocycles. The first-order valence-electron chi connectivity index (χ1n) is 9.25. The van der Waals surface area contributed by atoms with Crippen molar-refractivity contribution in [2.75, 3.05) is 6.54 Å². The van der Waals surface area contributed by atoms with Gasteiger partial charge in [0.15, 0.2) is 0 Å². The van der Waals surface area contributed by atoms with Crippen LogP contribution in [0.2, 0.25) is 0 Å². The van der Waals surface area contributed by atoms with Crippen LogP contribution in [0.4, 0.5) is 0 Å². The molecule has 5 heteroatoms. The summed E-state index contributed by atoms with van der Waals surface area (Å²) >= 11 is 1.69. The topological polar surface area (TPSA) is 41.9 Å². The molecular weight excluding hydrogens is 352 g/mol. The highest BCUT2D eigenvalue weighted by molar-refractivity contribution is 7.16. The van der Waals surface area contributed by atoms with E-state index in [9.17, 15) is 0 Å². The van der Waals surface area contributed by atoms with Gasteiger partial charge in [-0.25, -0.2) is 9.97 Å². The highest BCUT2D eigenvalue weighted by atomic mass is 32.1. The number of fused-ring (bicyclic) bond motifs is 2. The number of thiazole rings is 1. The van der Waals surface area contributed by atoms with Crippen LogP contribution < -0.4 is 0 Å². The number of nitrogens with zero attached hydrogens (tertiary/aromatic N) is 4. The molecule has 2 aromatic carbocycles. The molecule has 0 amide bonds. The van der Waals surface area contributed by atoms with E-state index >= 15 is 0 Å². The first-order chi connectivity index (χ1) is 13.3. The van der Waals surface area contributed by atoms with Crippen molar-refractivity contribution in [3.05, 3.63) is 77.2 Å². The molecule has 1 atom stereocenters. The molecule has 0 radical (unpaired) electrons. The predicted octanol–water partition coefficient (Wildman–Crippen LogP) is 4.87. The van der Waals surface area contributed by atoms with Gasteiger partial charge in [0.2, 0.25) is 0 Å². The Hall–Kier alpha value is -2.63. The minimum Gasteiger partial charge on any atom is -0.290 e. The monoisotopic (exact) mass is 372 g/mol. The Labute approximate surface area is 162 Å². The second kappa shape index (κ2) is 6.83. The van der Waals surface area contributed by atoms with Gasteiger partial charge >= 0.3 is 0 Å². The summed E-state index contributed by atoms with van der Waals surface area (Å²) in [5.41, 5.74) is 8.64. The fourth-order valence-electron chi connectivity index (χ4n) is 3.73. The van der Waals surface area contributed by atoms with E-state index in [2.05, 4.69) is 47.1 Å². The van der Waals surface area contributed by atoms with Crippen LogP contribution in [0, 0.1) is 0 Å². The van der Waals surface area contributed by atoms with Gasteiger partial charge in [-0.15, -0.1) is 11.3 Å². The lowest BCUT2D eigenvalue weighted by Gasteiger charge is -2.33. The Bertz CT molecular complexity index is 1090. The first-order valence-corrected chi connectivity index (χ1v) is 10.1. The summed E-state index contributed by atoms with van der Waals surface area (Å²) in [6.45, 7) is 4.11. The summed E-state index contributed by atoms with van der Waals surface area (Å²) in [7, 11) is 0. The Morgan fingerprint density at radius 1 is 1.04 bits per heavy atom. The summed E-state index contributed by atoms with van der Waals surface area (Å²) in [5, 5.41) is 0. The average Bonchev–Trinajstić information content (AvgIpc) is 3.21. The molecule has 5 rings (SSSR count). The molecule has 0 spiro atoms. The van der Waals surface area contributed by atoms with E-state index in [1.54, 1.807) is 11.3 Å². The van der Waals surface area contributed by atoms with Gasteiger partial charge in [0, 0.05) is 31.1 Å². The van der Waals surface area contributed by atoms with Gasteiger partial charge in [-0.1, -0.05) is 36.4 Å². The van der Waals surface area contributed by atoms with Gasteiger partial charge in [-0.3, -0.25) is 9.88 Å². The third kappa shape index (κ3) is 3.13. The molecule has 1 aliphatic heterocycles. The van der Waals surface area contributed by atoms with Crippen molar-refractivity contribution in [1.29, 1.82) is 0 Å². The molecule has 134 valence electrons. The van der Waals surface area contributed by atoms with Crippen LogP contribution in [-0.2, 0) is 13.0 Å². The fourth-order valence-corrected chi connectivity index (χ4v) is 4.39. The van der Waals surface area contributed by atoms with Crippen molar-refractivity contribution in [1.82, 2.24) is 19.9 Å². The smallest absolute Gasteiger partial charge is 0.0888 e. The van der Waals surface area contributed by atoms with Crippen molar-refractivity contribution >= 4 is 21.6 Å². The molecule has 0 saturated heterocycles. The SMILES string of the molecule is CC(c1ccc2scnc2c1)N1CCc2nc(-c3ccccc3)cnc2C1. The summed E-state index contributed by atoms with van der Waals surface area (Å²) in [6, 6.07) is 17.2. The molecule has 0 saturated carbocycles. The maximum Gasteiger partial charge on any atom is 0.0888 e. The summed E-state index contributed by atoms with van der Waals surface area (Å²) < 4.78 is 1.24. The number of aromatic nitrogens is 3. The summed E-state index contributed by atoms with van der Waals surface area (Å²) in [5.74, 6) is 0. The second-order valence-electron chi connectivity index (χ2n) is 6.99. The van der Waals surface area contributed by atoms with Crippen LogP contribution in [0.15, 0.2) is 60.2 Å². The third-order valence-electron chi connectivity index (χ3n) is 5.37. The predicted molar refractivity (Wildman–Crippen MR) is 110 cm³/mol. The van der Waals surface area contributed by atoms with Crippen molar-refractivity contribution in [2.24, 2.45) is 0 Å². The van der Waals surface area contributed by atoms with Crippen LogP contribution in [-0.4, -0.2) is 26.4 Å². The zero-order chi connectivity index (χ0) is 18.2. The van der Waals surface area contributed by atoms with E-state index in [-0.39, 0.29) is 0 Å². The Balaban J connectivity index is 1.39. The molecule has 0 bridgehead atoms. The maximum atomic E-state index is 4.89. The van der Waals surface area contributed by atoms with Crippen molar-refractivity contribution < 1.29 is 0 Å². The minimum atomic E-state index is 0.333. The lowest BCUT2D eigenvalue weighted by Crippen LogP contribution is -2.34. The molecule has 0 aliphatic carbocycles. The van der Waals surface area contributed by atoms with E-state index < -0.39 is 0 Å².